The Bertz CT molecular complexity index is 455. The third-order valence-corrected chi connectivity index (χ3v) is 2.83. The van der Waals surface area contributed by atoms with Crippen LogP contribution in [-0.4, -0.2) is 40.6 Å². The Kier molecular flexibility index (Phi) is 5.38. The second-order valence-electron chi connectivity index (χ2n) is 4.42. The van der Waals surface area contributed by atoms with E-state index < -0.39 is 0 Å². The Morgan fingerprint density at radius 3 is 2.94 bits per heavy atom. The molecule has 0 fully saturated rings. The van der Waals surface area contributed by atoms with E-state index in [4.69, 9.17) is 10.9 Å². The smallest absolute Gasteiger partial charge is 0.250 e. The molecular weight excluding hydrogens is 232 g/mol. The highest BCUT2D eigenvalue weighted by Gasteiger charge is 2.10. The van der Waals surface area contributed by atoms with Crippen LogP contribution in [0.4, 0.5) is 0 Å². The predicted molar refractivity (Wildman–Crippen MR) is 70.8 cm³/mol. The van der Waals surface area contributed by atoms with Gasteiger partial charge in [0.15, 0.2) is 0 Å². The molecule has 1 aromatic heterocycles. The Morgan fingerprint density at radius 2 is 2.33 bits per heavy atom. The van der Waals surface area contributed by atoms with E-state index in [2.05, 4.69) is 5.16 Å². The average Bonchev–Trinajstić information content (AvgIpc) is 2.36. The molecule has 18 heavy (non-hydrogen) atoms. The van der Waals surface area contributed by atoms with Crippen LogP contribution in [0.15, 0.2) is 34.3 Å². The fourth-order valence-electron chi connectivity index (χ4n) is 1.67. The van der Waals surface area contributed by atoms with Crippen molar-refractivity contribution in [1.82, 2.24) is 9.47 Å². The number of amidine groups is 1. The molecular formula is C12H20N4O2. The molecule has 6 nitrogen and oxygen atoms in total. The lowest BCUT2D eigenvalue weighted by atomic mass is 10.1. The summed E-state index contributed by atoms with van der Waals surface area (Å²) >= 11 is 0. The molecule has 0 aliphatic rings. The topological polar surface area (TPSA) is 83.9 Å². The first kappa shape index (κ1) is 14.2. The second kappa shape index (κ2) is 6.80. The summed E-state index contributed by atoms with van der Waals surface area (Å²) in [5, 5.41) is 11.5. The van der Waals surface area contributed by atoms with E-state index in [-0.39, 0.29) is 17.3 Å². The van der Waals surface area contributed by atoms with Crippen LogP contribution in [0.5, 0.6) is 0 Å². The van der Waals surface area contributed by atoms with Crippen LogP contribution in [0, 0.1) is 5.92 Å². The van der Waals surface area contributed by atoms with Crippen molar-refractivity contribution in [3.05, 3.63) is 34.7 Å². The molecule has 1 unspecified atom stereocenters. The average molecular weight is 252 g/mol. The van der Waals surface area contributed by atoms with Gasteiger partial charge in [0.25, 0.3) is 5.56 Å². The summed E-state index contributed by atoms with van der Waals surface area (Å²) in [6.07, 6.45) is 1.77. The molecule has 0 aliphatic carbocycles. The van der Waals surface area contributed by atoms with Gasteiger partial charge in [0.05, 0.1) is 0 Å². The quantitative estimate of drug-likeness (QED) is 0.327. The van der Waals surface area contributed by atoms with E-state index in [9.17, 15) is 4.79 Å². The zero-order valence-electron chi connectivity index (χ0n) is 10.8. The Hall–Kier alpha value is -1.82. The van der Waals surface area contributed by atoms with Crippen LogP contribution in [0.25, 0.3) is 0 Å². The minimum absolute atomic E-state index is 0.00427. The molecule has 100 valence electrons. The molecule has 1 rings (SSSR count). The first-order valence-electron chi connectivity index (χ1n) is 5.86. The van der Waals surface area contributed by atoms with Crippen LogP contribution < -0.4 is 11.3 Å². The lowest BCUT2D eigenvalue weighted by molar-refractivity contribution is 0.287. The largest absolute Gasteiger partial charge is 0.409 e. The van der Waals surface area contributed by atoms with Gasteiger partial charge in [-0.3, -0.25) is 4.79 Å². The van der Waals surface area contributed by atoms with Crippen LogP contribution in [0.1, 0.15) is 6.92 Å². The minimum atomic E-state index is -0.0208. The van der Waals surface area contributed by atoms with Crippen molar-refractivity contribution >= 4 is 5.84 Å². The monoisotopic (exact) mass is 252 g/mol. The van der Waals surface area contributed by atoms with Crippen LogP contribution in [-0.2, 0) is 6.54 Å². The standard InChI is InChI=1S/C12H20N4O2/c1-10(12(13)14-18)9-15(2)7-8-16-6-4-3-5-11(16)17/h3-6,10,18H,7-9H2,1-2H3,(H2,13,14). The minimum Gasteiger partial charge on any atom is -0.409 e. The van der Waals surface area contributed by atoms with E-state index in [1.807, 2.05) is 24.9 Å². The van der Waals surface area contributed by atoms with Gasteiger partial charge < -0.3 is 20.4 Å². The SMILES string of the molecule is CC(CN(C)CCn1ccccc1=O)/C(N)=N/O. The molecule has 6 heteroatoms. The summed E-state index contributed by atoms with van der Waals surface area (Å²) in [7, 11) is 1.94. The molecule has 0 aromatic carbocycles. The highest BCUT2D eigenvalue weighted by molar-refractivity contribution is 5.82. The van der Waals surface area contributed by atoms with Gasteiger partial charge in [0.1, 0.15) is 5.84 Å². The maximum Gasteiger partial charge on any atom is 0.250 e. The number of hydrogen-bond acceptors (Lipinski definition) is 4. The number of likely N-dealkylation sites (N-methyl/N-ethyl adjacent to an activating group) is 1. The second-order valence-corrected chi connectivity index (χ2v) is 4.42. The summed E-state index contributed by atoms with van der Waals surface area (Å²) < 4.78 is 1.66. The summed E-state index contributed by atoms with van der Waals surface area (Å²) in [6, 6.07) is 5.10. The van der Waals surface area contributed by atoms with Crippen molar-refractivity contribution in [3.63, 3.8) is 0 Å². The predicted octanol–water partition coefficient (Wildman–Crippen LogP) is 0.163. The van der Waals surface area contributed by atoms with Gasteiger partial charge in [-0.2, -0.15) is 0 Å². The highest BCUT2D eigenvalue weighted by atomic mass is 16.4. The number of oxime groups is 1. The van der Waals surface area contributed by atoms with E-state index in [1.165, 1.54) is 0 Å². The zero-order valence-corrected chi connectivity index (χ0v) is 10.8. The molecule has 0 aliphatic heterocycles. The number of rotatable bonds is 6. The molecule has 0 saturated carbocycles. The number of nitrogens with two attached hydrogens (primary N) is 1. The van der Waals surface area contributed by atoms with Crippen LogP contribution >= 0.6 is 0 Å². The van der Waals surface area contributed by atoms with Crippen molar-refractivity contribution < 1.29 is 5.21 Å². The van der Waals surface area contributed by atoms with Crippen molar-refractivity contribution in [2.24, 2.45) is 16.8 Å². The zero-order chi connectivity index (χ0) is 13.5. The third-order valence-electron chi connectivity index (χ3n) is 2.83. The van der Waals surface area contributed by atoms with Crippen LogP contribution in [0.2, 0.25) is 0 Å². The van der Waals surface area contributed by atoms with E-state index in [0.29, 0.717) is 13.1 Å². The molecule has 0 spiro atoms. The molecule has 1 heterocycles. The Morgan fingerprint density at radius 1 is 1.61 bits per heavy atom. The fourth-order valence-corrected chi connectivity index (χ4v) is 1.67. The van der Waals surface area contributed by atoms with Gasteiger partial charge >= 0.3 is 0 Å². The summed E-state index contributed by atoms with van der Waals surface area (Å²) in [6.45, 7) is 3.92. The van der Waals surface area contributed by atoms with Crippen molar-refractivity contribution in [2.45, 2.75) is 13.5 Å². The first-order chi connectivity index (χ1) is 8.54. The maximum atomic E-state index is 11.5. The Labute approximate surface area is 106 Å². The van der Waals surface area contributed by atoms with Gasteiger partial charge in [-0.25, -0.2) is 0 Å². The number of pyridine rings is 1. The lowest BCUT2D eigenvalue weighted by Crippen LogP contribution is -2.35. The molecule has 0 amide bonds. The van der Waals surface area contributed by atoms with Gasteiger partial charge in [0, 0.05) is 37.8 Å². The molecule has 1 atom stereocenters. The van der Waals surface area contributed by atoms with Gasteiger partial charge in [0.2, 0.25) is 0 Å². The summed E-state index contributed by atoms with van der Waals surface area (Å²) in [5.41, 5.74) is 5.51. The van der Waals surface area contributed by atoms with Crippen molar-refractivity contribution in [2.75, 3.05) is 20.1 Å². The third kappa shape index (κ3) is 4.21. The highest BCUT2D eigenvalue weighted by Crippen LogP contribution is 1.98. The van der Waals surface area contributed by atoms with Crippen molar-refractivity contribution in [1.29, 1.82) is 0 Å². The molecule has 0 saturated heterocycles. The normalized spacial score (nSPS) is 13.8. The van der Waals surface area contributed by atoms with Gasteiger partial charge in [-0.1, -0.05) is 18.1 Å². The first-order valence-corrected chi connectivity index (χ1v) is 5.86. The summed E-state index contributed by atoms with van der Waals surface area (Å²) in [5.74, 6) is 0.200. The number of nitrogens with zero attached hydrogens (tertiary/aromatic N) is 3. The van der Waals surface area contributed by atoms with E-state index in [0.717, 1.165) is 6.54 Å². The van der Waals surface area contributed by atoms with Crippen molar-refractivity contribution in [3.8, 4) is 0 Å². The van der Waals surface area contributed by atoms with Gasteiger partial charge in [-0.15, -0.1) is 0 Å². The van der Waals surface area contributed by atoms with E-state index >= 15 is 0 Å². The number of aromatic nitrogens is 1. The molecule has 1 aromatic rings. The van der Waals surface area contributed by atoms with Gasteiger partial charge in [-0.05, 0) is 13.1 Å². The molecule has 3 N–H and O–H groups in total. The number of hydrogen-bond donors (Lipinski definition) is 2. The lowest BCUT2D eigenvalue weighted by Gasteiger charge is -2.20. The van der Waals surface area contributed by atoms with Crippen LogP contribution in [0.3, 0.4) is 0 Å². The van der Waals surface area contributed by atoms with E-state index in [1.54, 1.807) is 22.9 Å². The fraction of sp³-hybridized carbons (Fsp3) is 0.500. The molecule has 0 radical (unpaired) electrons. The summed E-state index contributed by atoms with van der Waals surface area (Å²) in [4.78, 5) is 13.5. The Balaban J connectivity index is 2.45. The molecule has 0 bridgehead atoms. The maximum absolute atomic E-state index is 11.5.